The Kier molecular flexibility index (Phi) is 4.26. The molecular weight excluding hydrogens is 326 g/mol. The third kappa shape index (κ3) is 2.60. The van der Waals surface area contributed by atoms with Gasteiger partial charge in [-0.05, 0) is 38.3 Å². The summed E-state index contributed by atoms with van der Waals surface area (Å²) in [6.45, 7) is 5.71. The number of amides is 1. The zero-order valence-electron chi connectivity index (χ0n) is 15.6. The normalized spacial score (nSPS) is 17.3. The van der Waals surface area contributed by atoms with Crippen LogP contribution in [0, 0.1) is 6.92 Å². The average Bonchev–Trinajstić information content (AvgIpc) is 3.34. The molecule has 3 heterocycles. The van der Waals surface area contributed by atoms with E-state index >= 15 is 0 Å². The summed E-state index contributed by atoms with van der Waals surface area (Å²) in [7, 11) is 2.04. The molecule has 4 rings (SSSR count). The summed E-state index contributed by atoms with van der Waals surface area (Å²) < 4.78 is 4.05. The third-order valence-electron chi connectivity index (χ3n) is 5.40. The maximum atomic E-state index is 13.2. The fourth-order valence-electron chi connectivity index (χ4n) is 3.99. The molecular formula is C20H25N5O. The second-order valence-corrected chi connectivity index (χ2v) is 7.04. The molecule has 136 valence electrons. The molecule has 0 bridgehead atoms. The number of rotatable bonds is 4. The number of likely N-dealkylation sites (tertiary alicyclic amines) is 1. The quantitative estimate of drug-likeness (QED) is 0.723. The van der Waals surface area contributed by atoms with Crippen LogP contribution in [0.2, 0.25) is 0 Å². The van der Waals surface area contributed by atoms with Gasteiger partial charge in [0.15, 0.2) is 0 Å². The minimum Gasteiger partial charge on any atom is -0.329 e. The fraction of sp³-hybridized carbons (Fsp3) is 0.450. The largest absolute Gasteiger partial charge is 0.329 e. The summed E-state index contributed by atoms with van der Waals surface area (Å²) in [6.07, 6.45) is 4.67. The topological polar surface area (TPSA) is 56.0 Å². The van der Waals surface area contributed by atoms with Gasteiger partial charge in [0.25, 0.3) is 5.91 Å². The Hall–Kier alpha value is -2.63. The lowest BCUT2D eigenvalue weighted by Gasteiger charge is -2.24. The van der Waals surface area contributed by atoms with Crippen molar-refractivity contribution in [2.24, 2.45) is 7.05 Å². The molecule has 1 amide bonds. The molecule has 0 aliphatic carbocycles. The van der Waals surface area contributed by atoms with Gasteiger partial charge < -0.3 is 9.47 Å². The predicted octanol–water partition coefficient (Wildman–Crippen LogP) is 3.47. The van der Waals surface area contributed by atoms with Crippen LogP contribution in [0.15, 0.2) is 30.5 Å². The summed E-state index contributed by atoms with van der Waals surface area (Å²) in [6, 6.07) is 8.15. The van der Waals surface area contributed by atoms with E-state index in [0.29, 0.717) is 5.56 Å². The number of aryl methyl sites for hydroxylation is 2. The summed E-state index contributed by atoms with van der Waals surface area (Å²) >= 11 is 0. The van der Waals surface area contributed by atoms with Crippen LogP contribution in [-0.2, 0) is 13.6 Å². The van der Waals surface area contributed by atoms with E-state index in [0.717, 1.165) is 54.9 Å². The predicted molar refractivity (Wildman–Crippen MR) is 101 cm³/mol. The third-order valence-corrected chi connectivity index (χ3v) is 5.40. The van der Waals surface area contributed by atoms with E-state index in [-0.39, 0.29) is 11.9 Å². The smallest absolute Gasteiger partial charge is 0.257 e. The van der Waals surface area contributed by atoms with E-state index in [1.165, 1.54) is 0 Å². The molecule has 1 aliphatic heterocycles. The van der Waals surface area contributed by atoms with Crippen LogP contribution in [0.5, 0.6) is 0 Å². The van der Waals surface area contributed by atoms with Crippen molar-refractivity contribution in [2.45, 2.75) is 45.7 Å². The Morgan fingerprint density at radius 2 is 2.12 bits per heavy atom. The summed E-state index contributed by atoms with van der Waals surface area (Å²) in [5, 5.41) is 4.40. The van der Waals surface area contributed by atoms with Gasteiger partial charge >= 0.3 is 0 Å². The molecule has 1 saturated heterocycles. The van der Waals surface area contributed by atoms with Crippen molar-refractivity contribution in [3.8, 4) is 0 Å². The number of hydrogen-bond acceptors (Lipinski definition) is 3. The molecule has 0 radical (unpaired) electrons. The van der Waals surface area contributed by atoms with Gasteiger partial charge in [-0.15, -0.1) is 0 Å². The van der Waals surface area contributed by atoms with E-state index < -0.39 is 0 Å². The molecule has 1 aliphatic rings. The molecule has 0 N–H and O–H groups in total. The number of carbonyl (C=O) groups excluding carboxylic acids is 1. The van der Waals surface area contributed by atoms with Crippen molar-refractivity contribution in [1.82, 2.24) is 24.2 Å². The first kappa shape index (κ1) is 16.8. The van der Waals surface area contributed by atoms with Crippen LogP contribution in [0.4, 0.5) is 0 Å². The van der Waals surface area contributed by atoms with Gasteiger partial charge in [-0.2, -0.15) is 5.10 Å². The maximum Gasteiger partial charge on any atom is 0.257 e. The Morgan fingerprint density at radius 3 is 2.88 bits per heavy atom. The number of carbonyl (C=O) groups is 1. The first-order valence-electron chi connectivity index (χ1n) is 9.36. The first-order chi connectivity index (χ1) is 12.6. The first-order valence-corrected chi connectivity index (χ1v) is 9.36. The van der Waals surface area contributed by atoms with Gasteiger partial charge in [-0.25, -0.2) is 4.98 Å². The molecule has 6 nitrogen and oxygen atoms in total. The second kappa shape index (κ2) is 6.59. The van der Waals surface area contributed by atoms with E-state index in [1.54, 1.807) is 6.20 Å². The zero-order chi connectivity index (χ0) is 18.3. The van der Waals surface area contributed by atoms with Gasteiger partial charge in [0, 0.05) is 25.8 Å². The standard InChI is InChI=1S/C20H25N5O/c1-4-11-25-14(2)15(13-21-25)20(26)24-12-7-10-18(24)19-22-16-8-5-6-9-17(16)23(19)3/h5-6,8-9,13,18H,4,7,10-12H2,1-3H3/t18-/m1/s1. The number of para-hydroxylation sites is 2. The Morgan fingerprint density at radius 1 is 1.31 bits per heavy atom. The Labute approximate surface area is 153 Å². The second-order valence-electron chi connectivity index (χ2n) is 7.04. The summed E-state index contributed by atoms with van der Waals surface area (Å²) in [5.74, 6) is 1.04. The number of hydrogen-bond donors (Lipinski definition) is 0. The SMILES string of the molecule is CCCn1ncc(C(=O)N2CCC[C@@H]2c2nc3ccccc3n2C)c1C. The van der Waals surface area contributed by atoms with Crippen LogP contribution in [0.25, 0.3) is 11.0 Å². The highest BCUT2D eigenvalue weighted by atomic mass is 16.2. The lowest BCUT2D eigenvalue weighted by atomic mass is 10.1. The molecule has 26 heavy (non-hydrogen) atoms. The van der Waals surface area contributed by atoms with E-state index in [1.807, 2.05) is 41.8 Å². The van der Waals surface area contributed by atoms with Gasteiger partial charge in [-0.3, -0.25) is 9.48 Å². The van der Waals surface area contributed by atoms with Crippen LogP contribution < -0.4 is 0 Å². The van der Waals surface area contributed by atoms with E-state index in [9.17, 15) is 4.79 Å². The van der Waals surface area contributed by atoms with Crippen LogP contribution in [0.3, 0.4) is 0 Å². The van der Waals surface area contributed by atoms with Crippen molar-refractivity contribution in [3.05, 3.63) is 47.5 Å². The number of aromatic nitrogens is 4. The highest BCUT2D eigenvalue weighted by molar-refractivity contribution is 5.95. The number of fused-ring (bicyclic) bond motifs is 1. The maximum absolute atomic E-state index is 13.2. The average molecular weight is 351 g/mol. The molecule has 0 saturated carbocycles. The fourth-order valence-corrected chi connectivity index (χ4v) is 3.99. The number of benzene rings is 1. The monoisotopic (exact) mass is 351 g/mol. The zero-order valence-corrected chi connectivity index (χ0v) is 15.6. The van der Waals surface area contributed by atoms with E-state index in [4.69, 9.17) is 4.98 Å². The lowest BCUT2D eigenvalue weighted by Crippen LogP contribution is -2.32. The van der Waals surface area contributed by atoms with Crippen LogP contribution in [-0.4, -0.2) is 36.7 Å². The van der Waals surface area contributed by atoms with Gasteiger partial charge in [0.1, 0.15) is 5.82 Å². The van der Waals surface area contributed by atoms with Gasteiger partial charge in [0.05, 0.1) is 28.8 Å². The molecule has 3 aromatic rings. The Bertz CT molecular complexity index is 954. The van der Waals surface area contributed by atoms with Crippen molar-refractivity contribution < 1.29 is 4.79 Å². The summed E-state index contributed by atoms with van der Waals surface area (Å²) in [5.41, 5.74) is 3.75. The van der Waals surface area contributed by atoms with E-state index in [2.05, 4.69) is 22.7 Å². The van der Waals surface area contributed by atoms with Crippen LogP contribution >= 0.6 is 0 Å². The lowest BCUT2D eigenvalue weighted by molar-refractivity contribution is 0.0727. The van der Waals surface area contributed by atoms with Crippen molar-refractivity contribution in [1.29, 1.82) is 0 Å². The van der Waals surface area contributed by atoms with Gasteiger partial charge in [-0.1, -0.05) is 19.1 Å². The minimum absolute atomic E-state index is 0.0221. The van der Waals surface area contributed by atoms with Crippen LogP contribution in [0.1, 0.15) is 54.1 Å². The van der Waals surface area contributed by atoms with Crippen molar-refractivity contribution in [3.63, 3.8) is 0 Å². The molecule has 1 fully saturated rings. The molecule has 2 aromatic heterocycles. The Balaban J connectivity index is 1.68. The summed E-state index contributed by atoms with van der Waals surface area (Å²) in [4.78, 5) is 20.0. The molecule has 1 aromatic carbocycles. The highest BCUT2D eigenvalue weighted by Crippen LogP contribution is 2.34. The molecule has 0 spiro atoms. The number of nitrogens with zero attached hydrogens (tertiary/aromatic N) is 5. The van der Waals surface area contributed by atoms with Crippen molar-refractivity contribution >= 4 is 16.9 Å². The molecule has 6 heteroatoms. The number of imidazole rings is 1. The highest BCUT2D eigenvalue weighted by Gasteiger charge is 2.34. The minimum atomic E-state index is 0.0221. The molecule has 1 atom stereocenters. The van der Waals surface area contributed by atoms with Gasteiger partial charge in [0.2, 0.25) is 0 Å². The van der Waals surface area contributed by atoms with Crippen molar-refractivity contribution in [2.75, 3.05) is 6.54 Å². The molecule has 0 unspecified atom stereocenters.